The van der Waals surface area contributed by atoms with Gasteiger partial charge in [0.15, 0.2) is 0 Å². The number of nitrogen functional groups attached to an aromatic ring is 1. The number of nitrogens with two attached hydrogens (primary N) is 1. The van der Waals surface area contributed by atoms with Gasteiger partial charge in [-0.25, -0.2) is 15.0 Å². The molecule has 39 heavy (non-hydrogen) atoms. The Labute approximate surface area is 224 Å². The van der Waals surface area contributed by atoms with E-state index in [1.54, 1.807) is 72.9 Å². The van der Waals surface area contributed by atoms with Crippen LogP contribution in [0.1, 0.15) is 35.6 Å². The average Bonchev–Trinajstić information content (AvgIpc) is 3.65. The molecule has 4 aromatic rings. The largest absolute Gasteiger partial charge is 0.382 e. The van der Waals surface area contributed by atoms with Crippen LogP contribution in [0.4, 0.5) is 11.6 Å². The Morgan fingerprint density at radius 3 is 2.59 bits per heavy atom. The molecular weight excluding hydrogens is 496 g/mol. The lowest BCUT2D eigenvalue weighted by atomic mass is 10.1. The second kappa shape index (κ2) is 9.35. The van der Waals surface area contributed by atoms with Crippen LogP contribution in [0, 0.1) is 0 Å². The topological polar surface area (TPSA) is 139 Å². The molecule has 11 nitrogen and oxygen atoms in total. The van der Waals surface area contributed by atoms with Crippen molar-refractivity contribution in [2.24, 2.45) is 0 Å². The average molecular weight is 523 g/mol. The first-order chi connectivity index (χ1) is 18.9. The Balaban J connectivity index is 1.41. The van der Waals surface area contributed by atoms with E-state index in [2.05, 4.69) is 21.9 Å². The van der Waals surface area contributed by atoms with Gasteiger partial charge >= 0.3 is 0 Å². The highest BCUT2D eigenvalue weighted by molar-refractivity contribution is 6.04. The van der Waals surface area contributed by atoms with Gasteiger partial charge in [0, 0.05) is 43.2 Å². The fourth-order valence-corrected chi connectivity index (χ4v) is 5.74. The van der Waals surface area contributed by atoms with Crippen molar-refractivity contribution < 1.29 is 14.4 Å². The molecule has 0 spiro atoms. The SMILES string of the molecule is C=CC(=O)N1C2C[C@@H](C1c1nc(-c3ccc(C(=O)Nc4ccccn4)cc3)c3c(N)nccn13)N(C(C)=O)C2. The Kier molecular flexibility index (Phi) is 5.82. The van der Waals surface area contributed by atoms with Gasteiger partial charge in [-0.05, 0) is 36.8 Å². The molecule has 3 aromatic heterocycles. The summed E-state index contributed by atoms with van der Waals surface area (Å²) < 4.78 is 1.84. The van der Waals surface area contributed by atoms with Gasteiger partial charge in [0.1, 0.15) is 34.7 Å². The quantitative estimate of drug-likeness (QED) is 0.384. The monoisotopic (exact) mass is 522 g/mol. The lowest BCUT2D eigenvalue weighted by molar-refractivity contribution is -0.139. The Bertz CT molecular complexity index is 1620. The van der Waals surface area contributed by atoms with Gasteiger partial charge in [-0.2, -0.15) is 0 Å². The predicted octanol–water partition coefficient (Wildman–Crippen LogP) is 2.68. The first kappa shape index (κ1) is 24.3. The van der Waals surface area contributed by atoms with Crippen molar-refractivity contribution in [2.75, 3.05) is 17.6 Å². The third-order valence-electron chi connectivity index (χ3n) is 7.41. The van der Waals surface area contributed by atoms with Crippen LogP contribution in [-0.4, -0.2) is 65.5 Å². The minimum atomic E-state index is -0.482. The molecule has 2 saturated heterocycles. The molecule has 0 aliphatic carbocycles. The van der Waals surface area contributed by atoms with Crippen molar-refractivity contribution in [2.45, 2.75) is 31.5 Å². The van der Waals surface area contributed by atoms with Crippen molar-refractivity contribution in [1.82, 2.24) is 29.2 Å². The number of nitrogens with zero attached hydrogens (tertiary/aromatic N) is 6. The molecule has 6 rings (SSSR count). The number of imidazole rings is 1. The number of carbonyl (C=O) groups excluding carboxylic acids is 3. The second-order valence-corrected chi connectivity index (χ2v) is 9.62. The first-order valence-electron chi connectivity index (χ1n) is 12.5. The minimum Gasteiger partial charge on any atom is -0.382 e. The van der Waals surface area contributed by atoms with Crippen LogP contribution in [0.3, 0.4) is 0 Å². The summed E-state index contributed by atoms with van der Waals surface area (Å²) in [6.07, 6.45) is 6.90. The molecule has 2 fully saturated rings. The maximum atomic E-state index is 13.0. The van der Waals surface area contributed by atoms with E-state index in [0.29, 0.717) is 41.4 Å². The van der Waals surface area contributed by atoms with E-state index in [9.17, 15) is 14.4 Å². The second-order valence-electron chi connectivity index (χ2n) is 9.62. The fourth-order valence-electron chi connectivity index (χ4n) is 5.74. The van der Waals surface area contributed by atoms with E-state index in [0.717, 1.165) is 5.56 Å². The van der Waals surface area contributed by atoms with Crippen molar-refractivity contribution in [1.29, 1.82) is 0 Å². The number of benzene rings is 1. The molecule has 3 atom stereocenters. The number of carbonyl (C=O) groups is 3. The summed E-state index contributed by atoms with van der Waals surface area (Å²) in [5.41, 5.74) is 8.66. The third-order valence-corrected chi connectivity index (χ3v) is 7.41. The summed E-state index contributed by atoms with van der Waals surface area (Å²) in [6, 6.07) is 11.4. The molecule has 5 heterocycles. The van der Waals surface area contributed by atoms with Crippen molar-refractivity contribution in [3.63, 3.8) is 0 Å². The molecule has 2 bridgehead atoms. The highest BCUT2D eigenvalue weighted by Gasteiger charge is 2.54. The number of likely N-dealkylation sites (tertiary alicyclic amines) is 2. The smallest absolute Gasteiger partial charge is 0.256 e. The zero-order chi connectivity index (χ0) is 27.3. The summed E-state index contributed by atoms with van der Waals surface area (Å²) in [5, 5.41) is 2.77. The molecule has 2 aliphatic rings. The molecule has 3 N–H and O–H groups in total. The number of amides is 3. The summed E-state index contributed by atoms with van der Waals surface area (Å²) >= 11 is 0. The summed E-state index contributed by atoms with van der Waals surface area (Å²) in [6.45, 7) is 5.71. The molecule has 2 unspecified atom stereocenters. The minimum absolute atomic E-state index is 0.0416. The van der Waals surface area contributed by atoms with Crippen LogP contribution in [0.25, 0.3) is 16.8 Å². The number of pyridine rings is 1. The first-order valence-corrected chi connectivity index (χ1v) is 12.5. The highest BCUT2D eigenvalue weighted by Crippen LogP contribution is 2.45. The number of nitrogens with one attached hydrogen (secondary N) is 1. The van der Waals surface area contributed by atoms with Crippen molar-refractivity contribution in [3.8, 4) is 11.3 Å². The molecule has 2 aliphatic heterocycles. The maximum Gasteiger partial charge on any atom is 0.256 e. The molecule has 3 amide bonds. The zero-order valence-corrected chi connectivity index (χ0v) is 21.2. The number of aromatic nitrogens is 4. The molecule has 0 saturated carbocycles. The van der Waals surface area contributed by atoms with Gasteiger partial charge in [-0.15, -0.1) is 0 Å². The fraction of sp³-hybridized carbons (Fsp3) is 0.214. The molecule has 11 heteroatoms. The van der Waals surface area contributed by atoms with Crippen LogP contribution in [0.2, 0.25) is 0 Å². The summed E-state index contributed by atoms with van der Waals surface area (Å²) in [5.74, 6) is 0.774. The van der Waals surface area contributed by atoms with Gasteiger partial charge in [0.25, 0.3) is 5.91 Å². The van der Waals surface area contributed by atoms with Gasteiger partial charge in [0.2, 0.25) is 11.8 Å². The van der Waals surface area contributed by atoms with Crippen LogP contribution in [0.5, 0.6) is 0 Å². The van der Waals surface area contributed by atoms with Crippen LogP contribution < -0.4 is 11.1 Å². The highest BCUT2D eigenvalue weighted by atomic mass is 16.2. The van der Waals surface area contributed by atoms with E-state index < -0.39 is 6.04 Å². The lowest BCUT2D eigenvalue weighted by Gasteiger charge is -2.39. The van der Waals surface area contributed by atoms with Gasteiger partial charge < -0.3 is 20.9 Å². The van der Waals surface area contributed by atoms with E-state index in [1.807, 2.05) is 9.30 Å². The summed E-state index contributed by atoms with van der Waals surface area (Å²) in [7, 11) is 0. The number of hydrogen-bond acceptors (Lipinski definition) is 7. The Morgan fingerprint density at radius 1 is 1.10 bits per heavy atom. The van der Waals surface area contributed by atoms with Crippen LogP contribution in [-0.2, 0) is 9.59 Å². The zero-order valence-electron chi connectivity index (χ0n) is 21.2. The number of rotatable bonds is 5. The van der Waals surface area contributed by atoms with E-state index >= 15 is 0 Å². The third kappa shape index (κ3) is 3.99. The molecule has 0 radical (unpaired) electrons. The lowest BCUT2D eigenvalue weighted by Crippen LogP contribution is -2.52. The van der Waals surface area contributed by atoms with Gasteiger partial charge in [-0.1, -0.05) is 24.8 Å². The van der Waals surface area contributed by atoms with Gasteiger partial charge in [0.05, 0.1) is 12.1 Å². The Hall–Kier alpha value is -5.06. The van der Waals surface area contributed by atoms with Crippen LogP contribution in [0.15, 0.2) is 73.7 Å². The number of fused-ring (bicyclic) bond motifs is 3. The molecule has 196 valence electrons. The standard InChI is InChI=1S/C28H26N8O3/c1-3-22(38)36-19-14-20(35(15-19)16(2)37)24(36)27-33-23(25-26(29)31-12-13-34(25)27)17-7-9-18(10-8-17)28(39)32-21-6-4-5-11-30-21/h3-13,19-20,24H,1,14-15H2,2H3,(H2,29,31)(H,30,32,39)/t19?,20-,24?/m0/s1. The summed E-state index contributed by atoms with van der Waals surface area (Å²) in [4.78, 5) is 55.1. The molecule has 1 aromatic carbocycles. The van der Waals surface area contributed by atoms with E-state index in [-0.39, 0.29) is 35.6 Å². The van der Waals surface area contributed by atoms with E-state index in [4.69, 9.17) is 10.7 Å². The Morgan fingerprint density at radius 2 is 1.90 bits per heavy atom. The van der Waals surface area contributed by atoms with Gasteiger partial charge in [-0.3, -0.25) is 18.8 Å². The van der Waals surface area contributed by atoms with Crippen LogP contribution >= 0.6 is 0 Å². The van der Waals surface area contributed by atoms with E-state index in [1.165, 1.54) is 6.08 Å². The van der Waals surface area contributed by atoms with Crippen molar-refractivity contribution in [3.05, 3.63) is 85.1 Å². The number of hydrogen-bond donors (Lipinski definition) is 2. The maximum absolute atomic E-state index is 13.0. The number of anilines is 2. The van der Waals surface area contributed by atoms with Crippen molar-refractivity contribution >= 4 is 34.9 Å². The predicted molar refractivity (Wildman–Crippen MR) is 144 cm³/mol. The number of piperazine rings is 1. The molecular formula is C28H26N8O3. The normalized spacial score (nSPS) is 19.9.